The molecule has 0 aliphatic carbocycles. The average molecular weight is 497 g/mol. The van der Waals surface area contributed by atoms with Gasteiger partial charge in [-0.1, -0.05) is 24.3 Å². The van der Waals surface area contributed by atoms with Gasteiger partial charge in [0, 0.05) is 12.2 Å². The molecule has 0 bridgehead atoms. The molecule has 180 valence electrons. The van der Waals surface area contributed by atoms with Crippen LogP contribution in [0.3, 0.4) is 0 Å². The Kier molecular flexibility index (Phi) is 10.3. The number of halogens is 1. The smallest absolute Gasteiger partial charge is 0.244 e. The van der Waals surface area contributed by atoms with Crippen LogP contribution in [-0.4, -0.2) is 63.8 Å². The number of carbonyl (C=O) groups is 2. The van der Waals surface area contributed by atoms with E-state index in [0.717, 1.165) is 17.7 Å². The topological polar surface area (TPSA) is 108 Å². The molecule has 2 amide bonds. The fourth-order valence-corrected chi connectivity index (χ4v) is 4.73. The fraction of sp³-hybridized carbons (Fsp3) is 0.364. The minimum absolute atomic E-state index is 0.132. The Morgan fingerprint density at radius 3 is 2.52 bits per heavy atom. The number of anilines is 1. The van der Waals surface area contributed by atoms with Crippen molar-refractivity contribution in [1.82, 2.24) is 14.9 Å². The quantitative estimate of drug-likeness (QED) is 0.415. The van der Waals surface area contributed by atoms with Gasteiger partial charge in [0.15, 0.2) is 0 Å². The minimum atomic E-state index is -4.23. The molecule has 2 aromatic carbocycles. The molecule has 2 aromatic rings. The highest BCUT2D eigenvalue weighted by atomic mass is 32.2. The van der Waals surface area contributed by atoms with E-state index in [1.54, 1.807) is 43.3 Å². The molecule has 0 spiro atoms. The summed E-state index contributed by atoms with van der Waals surface area (Å²) < 4.78 is 41.6. The van der Waals surface area contributed by atoms with Crippen molar-refractivity contribution in [2.75, 3.05) is 38.0 Å². The third-order valence-corrected chi connectivity index (χ3v) is 6.64. The van der Waals surface area contributed by atoms with Crippen molar-refractivity contribution < 1.29 is 22.4 Å². The van der Waals surface area contributed by atoms with E-state index in [1.165, 1.54) is 23.9 Å². The van der Waals surface area contributed by atoms with Gasteiger partial charge in [0.1, 0.15) is 16.8 Å². The van der Waals surface area contributed by atoms with E-state index in [4.69, 9.17) is 0 Å². The first-order valence-corrected chi connectivity index (χ1v) is 13.1. The van der Waals surface area contributed by atoms with Crippen molar-refractivity contribution in [3.8, 4) is 0 Å². The van der Waals surface area contributed by atoms with Crippen LogP contribution < -0.4 is 15.4 Å². The van der Waals surface area contributed by atoms with Gasteiger partial charge in [0.25, 0.3) is 0 Å². The lowest BCUT2D eigenvalue weighted by atomic mass is 10.2. The van der Waals surface area contributed by atoms with Gasteiger partial charge in [-0.25, -0.2) is 12.8 Å². The highest BCUT2D eigenvalue weighted by molar-refractivity contribution is 7.98. The Morgan fingerprint density at radius 1 is 1.12 bits per heavy atom. The molecule has 1 unspecified atom stereocenters. The molecule has 3 N–H and O–H groups in total. The minimum Gasteiger partial charge on any atom is -0.351 e. The first-order valence-electron chi connectivity index (χ1n) is 10.2. The van der Waals surface area contributed by atoms with Crippen molar-refractivity contribution >= 4 is 39.3 Å². The van der Waals surface area contributed by atoms with Crippen LogP contribution in [-0.2, 0) is 26.2 Å². The van der Waals surface area contributed by atoms with Gasteiger partial charge in [-0.05, 0) is 62.4 Å². The SMILES string of the molecule is CSCCC(NS(=O)(=O)c1ccccc1F)C(=O)NCc1cccc(NC(=O)CN(C)C)c1. The number of nitrogens with one attached hydrogen (secondary N) is 3. The fourth-order valence-electron chi connectivity index (χ4n) is 2.95. The van der Waals surface area contributed by atoms with E-state index in [-0.39, 0.29) is 25.4 Å². The number of thioether (sulfide) groups is 1. The molecule has 0 aliphatic heterocycles. The Balaban J connectivity index is 2.06. The first kappa shape index (κ1) is 26.8. The molecule has 11 heteroatoms. The number of sulfonamides is 1. The zero-order chi connectivity index (χ0) is 24.4. The zero-order valence-corrected chi connectivity index (χ0v) is 20.4. The van der Waals surface area contributed by atoms with Crippen LogP contribution in [0, 0.1) is 5.82 Å². The van der Waals surface area contributed by atoms with Crippen molar-refractivity contribution in [1.29, 1.82) is 0 Å². The number of amides is 2. The van der Waals surface area contributed by atoms with E-state index in [1.807, 2.05) is 6.26 Å². The largest absolute Gasteiger partial charge is 0.351 e. The maximum absolute atomic E-state index is 14.0. The summed E-state index contributed by atoms with van der Waals surface area (Å²) in [6.45, 7) is 0.369. The van der Waals surface area contributed by atoms with E-state index < -0.39 is 32.7 Å². The number of rotatable bonds is 12. The third-order valence-electron chi connectivity index (χ3n) is 4.49. The molecule has 0 saturated carbocycles. The summed E-state index contributed by atoms with van der Waals surface area (Å²) in [7, 11) is -0.643. The van der Waals surface area contributed by atoms with E-state index in [9.17, 15) is 22.4 Å². The molecule has 8 nitrogen and oxygen atoms in total. The molecule has 0 heterocycles. The highest BCUT2D eigenvalue weighted by Crippen LogP contribution is 2.15. The molecule has 2 rings (SSSR count). The Hall–Kier alpha value is -2.47. The van der Waals surface area contributed by atoms with Crippen LogP contribution in [0.25, 0.3) is 0 Å². The van der Waals surface area contributed by atoms with Gasteiger partial charge in [-0.15, -0.1) is 0 Å². The monoisotopic (exact) mass is 496 g/mol. The Labute approximate surface area is 198 Å². The average Bonchev–Trinajstić information content (AvgIpc) is 2.74. The predicted octanol–water partition coefficient (Wildman–Crippen LogP) is 2.04. The molecule has 0 radical (unpaired) electrons. The molecule has 0 fully saturated rings. The first-order chi connectivity index (χ1) is 15.6. The van der Waals surface area contributed by atoms with Crippen LogP contribution in [0.15, 0.2) is 53.4 Å². The number of hydrogen-bond donors (Lipinski definition) is 3. The normalized spacial score (nSPS) is 12.4. The second-order valence-corrected chi connectivity index (χ2v) is 10.3. The molecular formula is C22H29FN4O4S2. The lowest BCUT2D eigenvalue weighted by molar-refractivity contribution is -0.123. The van der Waals surface area contributed by atoms with E-state index in [0.29, 0.717) is 11.4 Å². The predicted molar refractivity (Wildman–Crippen MR) is 129 cm³/mol. The van der Waals surface area contributed by atoms with Crippen molar-refractivity contribution in [2.24, 2.45) is 0 Å². The molecule has 33 heavy (non-hydrogen) atoms. The van der Waals surface area contributed by atoms with Crippen LogP contribution in [0.1, 0.15) is 12.0 Å². The number of likely N-dealkylation sites (N-methyl/N-ethyl adjacent to an activating group) is 1. The maximum atomic E-state index is 14.0. The summed E-state index contributed by atoms with van der Waals surface area (Å²) in [6, 6.07) is 10.9. The summed E-state index contributed by atoms with van der Waals surface area (Å²) in [5.74, 6) is -1.04. The van der Waals surface area contributed by atoms with Gasteiger partial charge in [0.05, 0.1) is 6.54 Å². The Morgan fingerprint density at radius 2 is 1.85 bits per heavy atom. The van der Waals surface area contributed by atoms with Crippen molar-refractivity contribution in [3.63, 3.8) is 0 Å². The van der Waals surface area contributed by atoms with Gasteiger partial charge in [-0.3, -0.25) is 9.59 Å². The lowest BCUT2D eigenvalue weighted by Crippen LogP contribution is -2.46. The van der Waals surface area contributed by atoms with Gasteiger partial charge in [-0.2, -0.15) is 16.5 Å². The maximum Gasteiger partial charge on any atom is 0.244 e. The second kappa shape index (κ2) is 12.7. The number of carbonyl (C=O) groups excluding carboxylic acids is 2. The Bertz CT molecular complexity index is 1060. The number of benzene rings is 2. The van der Waals surface area contributed by atoms with Gasteiger partial charge in [0.2, 0.25) is 21.8 Å². The van der Waals surface area contributed by atoms with Gasteiger partial charge < -0.3 is 15.5 Å². The number of nitrogens with zero attached hydrogens (tertiary/aromatic N) is 1. The van der Waals surface area contributed by atoms with Crippen LogP contribution in [0.5, 0.6) is 0 Å². The van der Waals surface area contributed by atoms with Crippen LogP contribution >= 0.6 is 11.8 Å². The second-order valence-electron chi connectivity index (χ2n) is 7.59. The summed E-state index contributed by atoms with van der Waals surface area (Å²) in [6.07, 6.45) is 2.08. The molecule has 0 aromatic heterocycles. The van der Waals surface area contributed by atoms with E-state index in [2.05, 4.69) is 15.4 Å². The summed E-state index contributed by atoms with van der Waals surface area (Å²) >= 11 is 1.47. The third kappa shape index (κ3) is 8.77. The highest BCUT2D eigenvalue weighted by Gasteiger charge is 2.27. The summed E-state index contributed by atoms with van der Waals surface area (Å²) in [4.78, 5) is 26.0. The van der Waals surface area contributed by atoms with Crippen molar-refractivity contribution in [3.05, 3.63) is 59.9 Å². The standard InChI is InChI=1S/C22H29FN4O4S2/c1-27(2)15-21(28)25-17-8-6-7-16(13-17)14-24-22(29)19(11-12-32-3)26-33(30,31)20-10-5-4-9-18(20)23/h4-10,13,19,26H,11-12,14-15H2,1-3H3,(H,24,29)(H,25,28). The lowest BCUT2D eigenvalue weighted by Gasteiger charge is -2.19. The molecule has 1 atom stereocenters. The van der Waals surface area contributed by atoms with Crippen LogP contribution in [0.2, 0.25) is 0 Å². The summed E-state index contributed by atoms with van der Waals surface area (Å²) in [5.41, 5.74) is 1.32. The molecule has 0 saturated heterocycles. The van der Waals surface area contributed by atoms with E-state index >= 15 is 0 Å². The molecular weight excluding hydrogens is 467 g/mol. The molecule has 0 aliphatic rings. The van der Waals surface area contributed by atoms with Gasteiger partial charge >= 0.3 is 0 Å². The summed E-state index contributed by atoms with van der Waals surface area (Å²) in [5, 5.41) is 5.50. The van der Waals surface area contributed by atoms with Crippen LogP contribution in [0.4, 0.5) is 10.1 Å². The van der Waals surface area contributed by atoms with Crippen molar-refractivity contribution in [2.45, 2.75) is 23.9 Å². The zero-order valence-electron chi connectivity index (χ0n) is 18.8. The number of hydrogen-bond acceptors (Lipinski definition) is 6.